The number of hydrogen-bond acceptors (Lipinski definition) is 2. The second-order valence-corrected chi connectivity index (χ2v) is 3.96. The number of benzene rings is 1. The van der Waals surface area contributed by atoms with Crippen molar-refractivity contribution < 1.29 is 4.79 Å². The third-order valence-electron chi connectivity index (χ3n) is 3.08. The maximum absolute atomic E-state index is 11.2. The normalized spacial score (nSPS) is 34.6. The van der Waals surface area contributed by atoms with E-state index < -0.39 is 0 Å². The minimum absolute atomic E-state index is 0.0326. The van der Waals surface area contributed by atoms with Crippen molar-refractivity contribution in [1.29, 1.82) is 0 Å². The Bertz CT molecular complexity index is 363. The van der Waals surface area contributed by atoms with Gasteiger partial charge in [-0.25, -0.2) is 0 Å². The van der Waals surface area contributed by atoms with Crippen LogP contribution in [0.5, 0.6) is 0 Å². The van der Waals surface area contributed by atoms with Crippen LogP contribution in [0.15, 0.2) is 30.3 Å². The topological polar surface area (TPSA) is 41.1 Å². The number of amides is 1. The molecule has 2 aliphatic heterocycles. The highest BCUT2D eigenvalue weighted by atomic mass is 16.2. The second-order valence-electron chi connectivity index (χ2n) is 3.96. The van der Waals surface area contributed by atoms with E-state index in [9.17, 15) is 4.79 Å². The zero-order chi connectivity index (χ0) is 9.54. The van der Waals surface area contributed by atoms with Gasteiger partial charge in [0.05, 0.1) is 18.1 Å². The van der Waals surface area contributed by atoms with Gasteiger partial charge in [-0.3, -0.25) is 10.1 Å². The molecular formula is C11H12N2O. The van der Waals surface area contributed by atoms with E-state index in [1.807, 2.05) is 18.2 Å². The Balaban J connectivity index is 1.87. The Labute approximate surface area is 82.5 Å². The lowest BCUT2D eigenvalue weighted by atomic mass is 10.0. The molecule has 2 fully saturated rings. The molecule has 0 spiro atoms. The highest BCUT2D eigenvalue weighted by Crippen LogP contribution is 2.31. The third-order valence-corrected chi connectivity index (χ3v) is 3.08. The largest absolute Gasteiger partial charge is 0.350 e. The van der Waals surface area contributed by atoms with Crippen LogP contribution in [0.4, 0.5) is 0 Å². The number of hydrogen-bond donors (Lipinski definition) is 2. The fourth-order valence-corrected chi connectivity index (χ4v) is 2.39. The van der Waals surface area contributed by atoms with Gasteiger partial charge in [-0.1, -0.05) is 30.3 Å². The fraction of sp³-hybridized carbons (Fsp3) is 0.364. The molecule has 3 atom stereocenters. The first kappa shape index (κ1) is 8.00. The van der Waals surface area contributed by atoms with Crippen molar-refractivity contribution >= 4 is 5.91 Å². The Morgan fingerprint density at radius 2 is 2.00 bits per heavy atom. The minimum atomic E-state index is 0.0326. The van der Waals surface area contributed by atoms with Gasteiger partial charge in [0.2, 0.25) is 5.91 Å². The molecule has 3 rings (SSSR count). The smallest absolute Gasteiger partial charge is 0.237 e. The van der Waals surface area contributed by atoms with E-state index in [0.29, 0.717) is 6.04 Å². The highest BCUT2D eigenvalue weighted by molar-refractivity contribution is 5.85. The van der Waals surface area contributed by atoms with Gasteiger partial charge < -0.3 is 5.32 Å². The van der Waals surface area contributed by atoms with Crippen LogP contribution in [0.3, 0.4) is 0 Å². The van der Waals surface area contributed by atoms with Crippen molar-refractivity contribution in [3.8, 4) is 0 Å². The molecule has 1 amide bonds. The van der Waals surface area contributed by atoms with E-state index in [0.717, 1.165) is 6.42 Å². The van der Waals surface area contributed by atoms with Crippen LogP contribution in [0.1, 0.15) is 18.0 Å². The molecule has 2 bridgehead atoms. The van der Waals surface area contributed by atoms with E-state index in [4.69, 9.17) is 0 Å². The highest BCUT2D eigenvalue weighted by Gasteiger charge is 2.44. The molecule has 2 N–H and O–H groups in total. The molecule has 3 heteroatoms. The standard InChI is InChI=1S/C11H12N2O/c14-11-9-6-8(13-11)10(12-9)7-4-2-1-3-5-7/h1-5,8-10,12H,6H2,(H,13,14). The number of fused-ring (bicyclic) bond motifs is 2. The molecule has 72 valence electrons. The summed E-state index contributed by atoms with van der Waals surface area (Å²) in [6.07, 6.45) is 0.929. The first-order chi connectivity index (χ1) is 6.84. The molecule has 14 heavy (non-hydrogen) atoms. The van der Waals surface area contributed by atoms with Crippen LogP contribution in [-0.2, 0) is 4.79 Å². The van der Waals surface area contributed by atoms with Crippen LogP contribution in [0.25, 0.3) is 0 Å². The lowest BCUT2D eigenvalue weighted by Gasteiger charge is -2.24. The molecule has 0 saturated carbocycles. The van der Waals surface area contributed by atoms with Crippen molar-refractivity contribution in [2.75, 3.05) is 0 Å². The summed E-state index contributed by atoms with van der Waals surface area (Å²) in [4.78, 5) is 11.2. The molecule has 1 aromatic carbocycles. The summed E-state index contributed by atoms with van der Waals surface area (Å²) in [6, 6.07) is 10.9. The van der Waals surface area contributed by atoms with Gasteiger partial charge in [-0.05, 0) is 12.0 Å². The summed E-state index contributed by atoms with van der Waals surface area (Å²) in [5.41, 5.74) is 1.26. The van der Waals surface area contributed by atoms with Crippen LogP contribution in [0.2, 0.25) is 0 Å². The lowest BCUT2D eigenvalue weighted by Crippen LogP contribution is -2.46. The summed E-state index contributed by atoms with van der Waals surface area (Å²) < 4.78 is 0. The van der Waals surface area contributed by atoms with E-state index in [-0.39, 0.29) is 18.0 Å². The molecule has 2 aliphatic rings. The van der Waals surface area contributed by atoms with Crippen LogP contribution in [-0.4, -0.2) is 18.0 Å². The van der Waals surface area contributed by atoms with Gasteiger partial charge in [0.15, 0.2) is 0 Å². The maximum atomic E-state index is 11.2. The Kier molecular flexibility index (Phi) is 1.61. The summed E-state index contributed by atoms with van der Waals surface area (Å²) in [7, 11) is 0. The van der Waals surface area contributed by atoms with Gasteiger partial charge in [-0.15, -0.1) is 0 Å². The first-order valence-electron chi connectivity index (χ1n) is 4.96. The average molecular weight is 188 g/mol. The molecule has 0 aliphatic carbocycles. The zero-order valence-corrected chi connectivity index (χ0v) is 7.73. The summed E-state index contributed by atoms with van der Waals surface area (Å²) in [5, 5.41) is 6.34. The van der Waals surface area contributed by atoms with Crippen LogP contribution in [0, 0.1) is 0 Å². The second kappa shape index (κ2) is 2.82. The molecule has 1 aromatic rings. The monoisotopic (exact) mass is 188 g/mol. The number of carbonyl (C=O) groups excluding carboxylic acids is 1. The average Bonchev–Trinajstić information content (AvgIpc) is 2.77. The number of rotatable bonds is 1. The first-order valence-corrected chi connectivity index (χ1v) is 4.96. The van der Waals surface area contributed by atoms with Crippen molar-refractivity contribution in [2.24, 2.45) is 0 Å². The number of carbonyl (C=O) groups is 1. The van der Waals surface area contributed by atoms with Crippen molar-refractivity contribution in [1.82, 2.24) is 10.6 Å². The lowest BCUT2D eigenvalue weighted by molar-refractivity contribution is -0.122. The van der Waals surface area contributed by atoms with Crippen molar-refractivity contribution in [3.63, 3.8) is 0 Å². The molecule has 0 aromatic heterocycles. The van der Waals surface area contributed by atoms with E-state index in [2.05, 4.69) is 22.8 Å². The van der Waals surface area contributed by atoms with Gasteiger partial charge in [0, 0.05) is 0 Å². The minimum Gasteiger partial charge on any atom is -0.350 e. The molecule has 3 nitrogen and oxygen atoms in total. The van der Waals surface area contributed by atoms with Gasteiger partial charge in [0.25, 0.3) is 0 Å². The summed E-state index contributed by atoms with van der Waals surface area (Å²) in [6.45, 7) is 0. The van der Waals surface area contributed by atoms with E-state index >= 15 is 0 Å². The van der Waals surface area contributed by atoms with E-state index in [1.54, 1.807) is 0 Å². The maximum Gasteiger partial charge on any atom is 0.237 e. The fourth-order valence-electron chi connectivity index (χ4n) is 2.39. The molecule has 3 unspecified atom stereocenters. The Morgan fingerprint density at radius 1 is 1.21 bits per heavy atom. The van der Waals surface area contributed by atoms with Crippen LogP contribution >= 0.6 is 0 Å². The SMILES string of the molecule is O=C1NC2CC1NC2c1ccccc1. The van der Waals surface area contributed by atoms with Gasteiger partial charge in [-0.2, -0.15) is 0 Å². The predicted octanol–water partition coefficient (Wildman–Crippen LogP) is 0.588. The number of piperazine rings is 1. The zero-order valence-electron chi connectivity index (χ0n) is 7.73. The van der Waals surface area contributed by atoms with Gasteiger partial charge >= 0.3 is 0 Å². The van der Waals surface area contributed by atoms with Gasteiger partial charge in [0.1, 0.15) is 0 Å². The quantitative estimate of drug-likeness (QED) is 0.677. The Hall–Kier alpha value is -1.35. The third kappa shape index (κ3) is 1.06. The predicted molar refractivity (Wildman–Crippen MR) is 52.7 cm³/mol. The Morgan fingerprint density at radius 3 is 2.57 bits per heavy atom. The molecular weight excluding hydrogens is 176 g/mol. The van der Waals surface area contributed by atoms with Crippen molar-refractivity contribution in [3.05, 3.63) is 35.9 Å². The summed E-state index contributed by atoms with van der Waals surface area (Å²) in [5.74, 6) is 0.155. The summed E-state index contributed by atoms with van der Waals surface area (Å²) >= 11 is 0. The van der Waals surface area contributed by atoms with Crippen molar-refractivity contribution in [2.45, 2.75) is 24.5 Å². The molecule has 0 radical (unpaired) electrons. The molecule has 2 saturated heterocycles. The molecule has 2 heterocycles. The van der Waals surface area contributed by atoms with Crippen LogP contribution < -0.4 is 10.6 Å². The van der Waals surface area contributed by atoms with E-state index in [1.165, 1.54) is 5.56 Å². The number of nitrogens with one attached hydrogen (secondary N) is 2.